The van der Waals surface area contributed by atoms with Crippen molar-refractivity contribution in [3.05, 3.63) is 65.3 Å². The highest BCUT2D eigenvalue weighted by Crippen LogP contribution is 2.31. The fourth-order valence-electron chi connectivity index (χ4n) is 5.29. The van der Waals surface area contributed by atoms with Crippen molar-refractivity contribution in [3.63, 3.8) is 0 Å². The van der Waals surface area contributed by atoms with Crippen molar-refractivity contribution in [2.24, 2.45) is 16.8 Å². The predicted octanol–water partition coefficient (Wildman–Crippen LogP) is 5.20. The Balaban J connectivity index is 1.15. The highest BCUT2D eigenvalue weighted by atomic mass is 35.5. The van der Waals surface area contributed by atoms with Crippen molar-refractivity contribution in [1.29, 1.82) is 0 Å². The number of fused-ring (bicyclic) bond motifs is 6. The van der Waals surface area contributed by atoms with Gasteiger partial charge in [0.1, 0.15) is 5.02 Å². The maximum Gasteiger partial charge on any atom is 0.229 e. The zero-order valence-corrected chi connectivity index (χ0v) is 22.2. The first-order chi connectivity index (χ1) is 19.1. The molecule has 1 saturated heterocycles. The van der Waals surface area contributed by atoms with Crippen molar-refractivity contribution in [3.8, 4) is 0 Å². The molecule has 0 spiro atoms. The number of nitrogens with zero attached hydrogens (tertiary/aromatic N) is 6. The van der Waals surface area contributed by atoms with Crippen LogP contribution in [-0.2, 0) is 11.2 Å². The number of benzene rings is 1. The van der Waals surface area contributed by atoms with Gasteiger partial charge in [-0.3, -0.25) is 9.79 Å². The Labute approximate surface area is 232 Å². The molecule has 0 saturated carbocycles. The van der Waals surface area contributed by atoms with Crippen molar-refractivity contribution >= 4 is 52.8 Å². The number of rotatable bonds is 4. The van der Waals surface area contributed by atoms with Crippen LogP contribution in [0, 0.1) is 11.8 Å². The second-order valence-corrected chi connectivity index (χ2v) is 10.6. The molecule has 2 aromatic heterocycles. The van der Waals surface area contributed by atoms with Gasteiger partial charge in [-0.1, -0.05) is 11.6 Å². The van der Waals surface area contributed by atoms with E-state index in [0.717, 1.165) is 73.8 Å². The van der Waals surface area contributed by atoms with E-state index in [0.29, 0.717) is 29.1 Å². The van der Waals surface area contributed by atoms with Crippen LogP contribution >= 0.6 is 11.6 Å². The lowest BCUT2D eigenvalue weighted by atomic mass is 9.92. The number of nitrogens with one attached hydrogen (secondary N) is 3. The molecule has 39 heavy (non-hydrogen) atoms. The Kier molecular flexibility index (Phi) is 7.36. The summed E-state index contributed by atoms with van der Waals surface area (Å²) < 4.78 is 0. The second-order valence-electron chi connectivity index (χ2n) is 10.2. The van der Waals surface area contributed by atoms with Crippen LogP contribution in [0.15, 0.2) is 59.7 Å². The van der Waals surface area contributed by atoms with E-state index in [-0.39, 0.29) is 11.8 Å². The summed E-state index contributed by atoms with van der Waals surface area (Å²) in [6.45, 7) is 1.71. The van der Waals surface area contributed by atoms with Crippen LogP contribution in [-0.4, -0.2) is 45.1 Å². The van der Waals surface area contributed by atoms with E-state index >= 15 is 0 Å². The maximum atomic E-state index is 13.1. The molecule has 5 heterocycles. The lowest BCUT2D eigenvalue weighted by Crippen LogP contribution is -2.36. The molecule has 1 amide bonds. The van der Waals surface area contributed by atoms with Gasteiger partial charge in [0.15, 0.2) is 5.82 Å². The minimum absolute atomic E-state index is 0.0430. The van der Waals surface area contributed by atoms with Crippen molar-refractivity contribution in [1.82, 2.24) is 19.9 Å². The van der Waals surface area contributed by atoms with Crippen LogP contribution in [0.5, 0.6) is 0 Å². The molecular formula is C28H30ClN9O. The van der Waals surface area contributed by atoms with Gasteiger partial charge in [0.2, 0.25) is 17.8 Å². The summed E-state index contributed by atoms with van der Waals surface area (Å²) in [7, 11) is 0. The molecular weight excluding hydrogens is 514 g/mol. The van der Waals surface area contributed by atoms with E-state index < -0.39 is 0 Å². The first kappa shape index (κ1) is 25.2. The van der Waals surface area contributed by atoms with E-state index in [4.69, 9.17) is 11.6 Å². The number of hydrogen-bond acceptors (Lipinski definition) is 9. The van der Waals surface area contributed by atoms with Gasteiger partial charge in [-0.25, -0.2) is 15.0 Å². The van der Waals surface area contributed by atoms with Crippen molar-refractivity contribution < 1.29 is 4.79 Å². The Morgan fingerprint density at radius 2 is 1.95 bits per heavy atom. The molecule has 3 aliphatic heterocycles. The van der Waals surface area contributed by atoms with Gasteiger partial charge >= 0.3 is 0 Å². The fourth-order valence-corrected chi connectivity index (χ4v) is 5.43. The Morgan fingerprint density at radius 3 is 2.79 bits per heavy atom. The van der Waals surface area contributed by atoms with Gasteiger partial charge in [-0.05, 0) is 67.9 Å². The zero-order valence-electron chi connectivity index (χ0n) is 21.5. The highest BCUT2D eigenvalue weighted by Gasteiger charge is 2.24. The number of anilines is 5. The Morgan fingerprint density at radius 1 is 1.10 bits per heavy atom. The molecule has 1 fully saturated rings. The van der Waals surface area contributed by atoms with E-state index in [1.807, 2.05) is 30.6 Å². The summed E-state index contributed by atoms with van der Waals surface area (Å²) in [6, 6.07) is 7.78. The Bertz CT molecular complexity index is 1400. The van der Waals surface area contributed by atoms with Gasteiger partial charge in [0.05, 0.1) is 6.20 Å². The number of hydrogen-bond donors (Lipinski definition) is 3. The quantitative estimate of drug-likeness (QED) is 0.410. The van der Waals surface area contributed by atoms with Gasteiger partial charge in [-0.15, -0.1) is 0 Å². The number of aryl methyl sites for hydroxylation is 1. The van der Waals surface area contributed by atoms with Gasteiger partial charge in [0, 0.05) is 67.3 Å². The number of aliphatic imine (C=N–C) groups is 1. The smallest absolute Gasteiger partial charge is 0.229 e. The summed E-state index contributed by atoms with van der Waals surface area (Å²) in [5.41, 5.74) is 3.71. The maximum absolute atomic E-state index is 13.1. The van der Waals surface area contributed by atoms with Crippen LogP contribution in [0.1, 0.15) is 37.7 Å². The van der Waals surface area contributed by atoms with E-state index in [2.05, 4.69) is 51.8 Å². The average Bonchev–Trinajstić information content (AvgIpc) is 2.96. The third-order valence-corrected chi connectivity index (χ3v) is 7.65. The predicted molar refractivity (Wildman–Crippen MR) is 154 cm³/mol. The lowest BCUT2D eigenvalue weighted by molar-refractivity contribution is -0.117. The molecule has 1 aromatic carbocycles. The summed E-state index contributed by atoms with van der Waals surface area (Å²) in [4.78, 5) is 37.3. The molecule has 11 heteroatoms. The first-order valence-electron chi connectivity index (χ1n) is 13.3. The third-order valence-electron chi connectivity index (χ3n) is 7.38. The molecule has 10 nitrogen and oxygen atoms in total. The summed E-state index contributed by atoms with van der Waals surface area (Å²) in [5.74, 6) is 2.39. The normalized spacial score (nSPS) is 18.9. The van der Waals surface area contributed by atoms with E-state index in [1.54, 1.807) is 18.6 Å². The molecule has 0 radical (unpaired) electrons. The number of carbonyl (C=O) groups excluding carboxylic acids is 1. The van der Waals surface area contributed by atoms with Gasteiger partial charge in [-0.2, -0.15) is 4.98 Å². The summed E-state index contributed by atoms with van der Waals surface area (Å²) >= 11 is 6.39. The minimum Gasteiger partial charge on any atom is -0.341 e. The Hall–Kier alpha value is -4.05. The monoisotopic (exact) mass is 543 g/mol. The molecule has 1 unspecified atom stereocenters. The number of halogens is 1. The van der Waals surface area contributed by atoms with Gasteiger partial charge in [0.25, 0.3) is 0 Å². The molecule has 200 valence electrons. The minimum atomic E-state index is 0.0430. The first-order valence-corrected chi connectivity index (χ1v) is 13.7. The van der Waals surface area contributed by atoms with Crippen LogP contribution in [0.2, 0.25) is 5.02 Å². The number of piperidine rings is 1. The number of aromatic nitrogens is 4. The SMILES string of the molecule is O=C(CC1CCN(c2ncccn2)CC1)Nc1ccc2cc1CCC1C=NC=C(C1)Nc1ncc(Cl)c(n1)N2. The zero-order chi connectivity index (χ0) is 26.6. The molecule has 0 aliphatic carbocycles. The molecule has 3 N–H and O–H groups in total. The van der Waals surface area contributed by atoms with Crippen LogP contribution in [0.25, 0.3) is 0 Å². The average molecular weight is 544 g/mol. The summed E-state index contributed by atoms with van der Waals surface area (Å²) in [5, 5.41) is 10.2. The van der Waals surface area contributed by atoms with Crippen LogP contribution in [0.4, 0.5) is 29.1 Å². The van der Waals surface area contributed by atoms with Crippen molar-refractivity contribution in [2.45, 2.75) is 38.5 Å². The molecule has 1 atom stereocenters. The fraction of sp³-hybridized carbons (Fsp3) is 0.357. The number of carbonyl (C=O) groups is 1. The summed E-state index contributed by atoms with van der Waals surface area (Å²) in [6.07, 6.45) is 13.8. The highest BCUT2D eigenvalue weighted by molar-refractivity contribution is 6.32. The lowest BCUT2D eigenvalue weighted by Gasteiger charge is -2.31. The molecule has 6 rings (SSSR count). The number of allylic oxidation sites excluding steroid dienone is 1. The molecule has 3 aromatic rings. The second kappa shape index (κ2) is 11.4. The largest absolute Gasteiger partial charge is 0.341 e. The van der Waals surface area contributed by atoms with Gasteiger partial charge < -0.3 is 20.9 Å². The molecule has 6 bridgehead atoms. The van der Waals surface area contributed by atoms with Crippen LogP contribution in [0.3, 0.4) is 0 Å². The number of amides is 1. The van der Waals surface area contributed by atoms with Crippen molar-refractivity contribution in [2.75, 3.05) is 33.9 Å². The topological polar surface area (TPSA) is 120 Å². The third kappa shape index (κ3) is 6.17. The molecule has 3 aliphatic rings. The van der Waals surface area contributed by atoms with E-state index in [9.17, 15) is 4.79 Å². The van der Waals surface area contributed by atoms with E-state index in [1.165, 1.54) is 0 Å². The van der Waals surface area contributed by atoms with Crippen LogP contribution < -0.4 is 20.9 Å². The standard InChI is InChI=1S/C28H30ClN9O/c29-23-17-33-27-35-22-12-19(15-30-16-22)2-3-20-14-21(34-26(23)37-27)4-5-24(20)36-25(39)13-18-6-10-38(11-7-18)28-31-8-1-9-32-28/h1,4-5,8-9,14-19H,2-3,6-7,10-13H2,(H,36,39)(H2,33,34,35,37).